The van der Waals surface area contributed by atoms with Gasteiger partial charge in [-0.15, -0.1) is 0 Å². The van der Waals surface area contributed by atoms with Gasteiger partial charge in [0.25, 0.3) is 11.8 Å². The quantitative estimate of drug-likeness (QED) is 0.322. The van der Waals surface area contributed by atoms with Crippen LogP contribution in [0.4, 0.5) is 11.4 Å². The predicted octanol–water partition coefficient (Wildman–Crippen LogP) is 6.99. The molecule has 0 aliphatic heterocycles. The topological polar surface area (TPSA) is 76.7 Å². The third-order valence-corrected chi connectivity index (χ3v) is 5.84. The molecule has 0 saturated carbocycles. The van der Waals surface area contributed by atoms with Gasteiger partial charge in [-0.05, 0) is 85.3 Å². The number of amides is 2. The van der Waals surface area contributed by atoms with Crippen LogP contribution in [0.2, 0.25) is 0 Å². The third kappa shape index (κ3) is 6.87. The van der Waals surface area contributed by atoms with Crippen LogP contribution in [0, 0.1) is 0 Å². The molecule has 2 amide bonds. The van der Waals surface area contributed by atoms with Crippen LogP contribution in [-0.4, -0.2) is 24.5 Å². The Kier molecular flexibility index (Phi) is 9.12. The van der Waals surface area contributed by atoms with E-state index in [1.54, 1.807) is 55.5 Å². The molecule has 0 fully saturated rings. The molecular formula is C30H36N2O4. The summed E-state index contributed by atoms with van der Waals surface area (Å²) in [6.07, 6.45) is -0.720. The molecule has 2 N–H and O–H groups in total. The minimum absolute atomic E-state index is 0.183. The second-order valence-corrected chi connectivity index (χ2v) is 9.31. The van der Waals surface area contributed by atoms with Crippen molar-refractivity contribution in [2.24, 2.45) is 0 Å². The Morgan fingerprint density at radius 2 is 1.31 bits per heavy atom. The first-order valence-electron chi connectivity index (χ1n) is 12.4. The van der Waals surface area contributed by atoms with Crippen molar-refractivity contribution in [1.29, 1.82) is 0 Å². The Balaban J connectivity index is 1.64. The number of ether oxygens (including phenoxy) is 2. The largest absolute Gasteiger partial charge is 0.494 e. The molecule has 3 aromatic rings. The lowest BCUT2D eigenvalue weighted by Crippen LogP contribution is -2.30. The fraction of sp³-hybridized carbons (Fsp3) is 0.333. The molecule has 190 valence electrons. The molecule has 3 aromatic carbocycles. The summed E-state index contributed by atoms with van der Waals surface area (Å²) in [5, 5.41) is 5.96. The van der Waals surface area contributed by atoms with E-state index in [4.69, 9.17) is 9.47 Å². The minimum atomic E-state index is -0.720. The molecule has 1 unspecified atom stereocenters. The van der Waals surface area contributed by atoms with Crippen molar-refractivity contribution in [1.82, 2.24) is 0 Å². The molecular weight excluding hydrogens is 452 g/mol. The van der Waals surface area contributed by atoms with Gasteiger partial charge in [-0.25, -0.2) is 0 Å². The Morgan fingerprint density at radius 1 is 0.750 bits per heavy atom. The molecule has 0 bridgehead atoms. The smallest absolute Gasteiger partial charge is 0.265 e. The van der Waals surface area contributed by atoms with Crippen molar-refractivity contribution in [2.45, 2.75) is 59.5 Å². The number of nitrogens with one attached hydrogen (secondary N) is 2. The molecule has 0 spiro atoms. The Labute approximate surface area is 214 Å². The summed E-state index contributed by atoms with van der Waals surface area (Å²) < 4.78 is 11.2. The van der Waals surface area contributed by atoms with E-state index in [9.17, 15) is 9.59 Å². The zero-order valence-electron chi connectivity index (χ0n) is 21.9. The molecule has 0 aliphatic carbocycles. The van der Waals surface area contributed by atoms with Crippen LogP contribution in [-0.2, 0) is 4.79 Å². The van der Waals surface area contributed by atoms with Gasteiger partial charge in [-0.2, -0.15) is 0 Å². The summed E-state index contributed by atoms with van der Waals surface area (Å²) in [5.74, 6) is 1.36. The van der Waals surface area contributed by atoms with Gasteiger partial charge in [0.05, 0.1) is 6.61 Å². The van der Waals surface area contributed by atoms with Crippen LogP contribution in [0.5, 0.6) is 11.5 Å². The molecule has 6 nitrogen and oxygen atoms in total. The van der Waals surface area contributed by atoms with E-state index in [0.717, 1.165) is 22.6 Å². The molecule has 36 heavy (non-hydrogen) atoms. The van der Waals surface area contributed by atoms with E-state index < -0.39 is 6.10 Å². The second-order valence-electron chi connectivity index (χ2n) is 9.31. The highest BCUT2D eigenvalue weighted by Gasteiger charge is 2.18. The maximum Gasteiger partial charge on any atom is 0.265 e. The van der Waals surface area contributed by atoms with Gasteiger partial charge < -0.3 is 20.1 Å². The van der Waals surface area contributed by atoms with Gasteiger partial charge in [-0.3, -0.25) is 9.59 Å². The number of para-hydroxylation sites is 1. The molecule has 0 aliphatic rings. The number of carbonyl (C=O) groups is 2. The maximum atomic E-state index is 13.0. The lowest BCUT2D eigenvalue weighted by molar-refractivity contribution is -0.122. The monoisotopic (exact) mass is 488 g/mol. The molecule has 3 rings (SSSR count). The van der Waals surface area contributed by atoms with Crippen LogP contribution in [0.25, 0.3) is 0 Å². The van der Waals surface area contributed by atoms with Crippen LogP contribution in [0.3, 0.4) is 0 Å². The van der Waals surface area contributed by atoms with Gasteiger partial charge in [0.2, 0.25) is 0 Å². The Hall–Kier alpha value is -3.80. The number of carbonyl (C=O) groups excluding carboxylic acids is 2. The van der Waals surface area contributed by atoms with Crippen molar-refractivity contribution in [3.8, 4) is 11.5 Å². The number of benzene rings is 3. The fourth-order valence-corrected chi connectivity index (χ4v) is 3.87. The van der Waals surface area contributed by atoms with Gasteiger partial charge >= 0.3 is 0 Å². The Bertz CT molecular complexity index is 1140. The maximum absolute atomic E-state index is 13.0. The fourth-order valence-electron chi connectivity index (χ4n) is 3.87. The second kappa shape index (κ2) is 12.2. The summed E-state index contributed by atoms with van der Waals surface area (Å²) in [4.78, 5) is 25.6. The molecule has 0 aromatic heterocycles. The highest BCUT2D eigenvalue weighted by atomic mass is 16.5. The van der Waals surface area contributed by atoms with Crippen LogP contribution < -0.4 is 20.1 Å². The summed E-state index contributed by atoms with van der Waals surface area (Å²) in [6, 6.07) is 20.1. The molecule has 1 atom stereocenters. The van der Waals surface area contributed by atoms with Crippen molar-refractivity contribution >= 4 is 23.2 Å². The lowest BCUT2D eigenvalue weighted by atomic mass is 9.92. The lowest BCUT2D eigenvalue weighted by Gasteiger charge is -2.20. The van der Waals surface area contributed by atoms with E-state index in [1.165, 1.54) is 0 Å². The van der Waals surface area contributed by atoms with Crippen molar-refractivity contribution in [2.75, 3.05) is 17.2 Å². The van der Waals surface area contributed by atoms with Gasteiger partial charge in [0.15, 0.2) is 6.10 Å². The normalized spacial score (nSPS) is 11.8. The van der Waals surface area contributed by atoms with E-state index in [0.29, 0.717) is 23.6 Å². The zero-order valence-corrected chi connectivity index (χ0v) is 21.9. The molecule has 0 heterocycles. The first-order valence-corrected chi connectivity index (χ1v) is 12.4. The van der Waals surface area contributed by atoms with Crippen LogP contribution in [0.15, 0.2) is 66.7 Å². The van der Waals surface area contributed by atoms with E-state index in [1.807, 2.05) is 13.0 Å². The highest BCUT2D eigenvalue weighted by molar-refractivity contribution is 6.05. The van der Waals surface area contributed by atoms with Gasteiger partial charge in [0.1, 0.15) is 11.5 Å². The summed E-state index contributed by atoms with van der Waals surface area (Å²) in [7, 11) is 0. The minimum Gasteiger partial charge on any atom is -0.494 e. The SMILES string of the molecule is CCOc1ccc(NC(=O)C(C)Oc2ccc(C(=O)Nc3c(C(C)C)cccc3C(C)C)cc2)cc1. The molecule has 0 radical (unpaired) electrons. The summed E-state index contributed by atoms with van der Waals surface area (Å²) >= 11 is 0. The first-order chi connectivity index (χ1) is 17.2. The van der Waals surface area contributed by atoms with E-state index in [-0.39, 0.29) is 23.7 Å². The van der Waals surface area contributed by atoms with Crippen LogP contribution >= 0.6 is 0 Å². The highest BCUT2D eigenvalue weighted by Crippen LogP contribution is 2.32. The van der Waals surface area contributed by atoms with Crippen molar-refractivity contribution < 1.29 is 19.1 Å². The third-order valence-electron chi connectivity index (χ3n) is 5.84. The van der Waals surface area contributed by atoms with E-state index in [2.05, 4.69) is 50.5 Å². The standard InChI is InChI=1S/C30H36N2O4/c1-7-35-24-17-13-23(14-18-24)31-29(33)21(6)36-25-15-11-22(12-16-25)30(34)32-28-26(19(2)3)9-8-10-27(28)20(4)5/h8-21H,7H2,1-6H3,(H,31,33)(H,32,34). The first kappa shape index (κ1) is 26.8. The van der Waals surface area contributed by atoms with Crippen molar-refractivity contribution in [3.05, 3.63) is 83.4 Å². The van der Waals surface area contributed by atoms with Gasteiger partial charge in [0, 0.05) is 16.9 Å². The van der Waals surface area contributed by atoms with E-state index >= 15 is 0 Å². The number of hydrogen-bond donors (Lipinski definition) is 2. The van der Waals surface area contributed by atoms with Crippen molar-refractivity contribution in [3.63, 3.8) is 0 Å². The zero-order chi connectivity index (χ0) is 26.2. The summed E-state index contributed by atoms with van der Waals surface area (Å²) in [6.45, 7) is 12.7. The molecule has 0 saturated heterocycles. The predicted molar refractivity (Wildman–Crippen MR) is 145 cm³/mol. The average Bonchev–Trinajstić information content (AvgIpc) is 2.85. The van der Waals surface area contributed by atoms with Gasteiger partial charge in [-0.1, -0.05) is 45.9 Å². The number of hydrogen-bond acceptors (Lipinski definition) is 4. The molecule has 6 heteroatoms. The number of rotatable bonds is 10. The number of anilines is 2. The van der Waals surface area contributed by atoms with Crippen LogP contribution in [0.1, 0.15) is 74.9 Å². The Morgan fingerprint density at radius 3 is 1.83 bits per heavy atom. The average molecular weight is 489 g/mol. The summed E-state index contributed by atoms with van der Waals surface area (Å²) in [5.41, 5.74) is 4.28.